The summed E-state index contributed by atoms with van der Waals surface area (Å²) in [6.45, 7) is 6.02. The molecule has 90 valence electrons. The average Bonchev–Trinajstić information content (AvgIpc) is 2.36. The highest BCUT2D eigenvalue weighted by Crippen LogP contribution is 2.36. The Morgan fingerprint density at radius 3 is 3.00 bits per heavy atom. The fraction of sp³-hybridized carbons (Fsp3) is 0.333. The number of fused-ring (bicyclic) bond motifs is 1. The van der Waals surface area contributed by atoms with Gasteiger partial charge in [0.05, 0.1) is 0 Å². The monoisotopic (exact) mass is 228 g/mol. The molecule has 0 amide bonds. The number of anilines is 1. The van der Waals surface area contributed by atoms with Gasteiger partial charge in [0.2, 0.25) is 0 Å². The second kappa shape index (κ2) is 4.76. The average molecular weight is 228 g/mol. The molecule has 2 nitrogen and oxygen atoms in total. The summed E-state index contributed by atoms with van der Waals surface area (Å²) in [7, 11) is 2.13. The zero-order chi connectivity index (χ0) is 12.4. The predicted molar refractivity (Wildman–Crippen MR) is 74.7 cm³/mol. The summed E-state index contributed by atoms with van der Waals surface area (Å²) >= 11 is 0. The Balaban J connectivity index is 2.40. The van der Waals surface area contributed by atoms with Crippen molar-refractivity contribution in [2.75, 3.05) is 12.8 Å². The number of nitrogen functional groups attached to an aromatic ring is 1. The van der Waals surface area contributed by atoms with Gasteiger partial charge < -0.3 is 5.73 Å². The first kappa shape index (κ1) is 11.9. The van der Waals surface area contributed by atoms with E-state index in [2.05, 4.69) is 43.7 Å². The minimum absolute atomic E-state index is 0.346. The van der Waals surface area contributed by atoms with Crippen LogP contribution in [-0.2, 0) is 0 Å². The topological polar surface area (TPSA) is 29.3 Å². The van der Waals surface area contributed by atoms with Crippen molar-refractivity contribution in [2.24, 2.45) is 0 Å². The lowest BCUT2D eigenvalue weighted by Crippen LogP contribution is -2.33. The first-order valence-corrected chi connectivity index (χ1v) is 6.04. The number of hydrogen-bond acceptors (Lipinski definition) is 2. The molecule has 0 fully saturated rings. The minimum Gasteiger partial charge on any atom is -0.398 e. The van der Waals surface area contributed by atoms with E-state index in [-0.39, 0.29) is 0 Å². The summed E-state index contributed by atoms with van der Waals surface area (Å²) in [5.74, 6) is 0. The predicted octanol–water partition coefficient (Wildman–Crippen LogP) is 3.23. The molecule has 2 atom stereocenters. The van der Waals surface area contributed by atoms with Crippen LogP contribution in [0.2, 0.25) is 0 Å². The third kappa shape index (κ3) is 2.13. The Bertz CT molecular complexity index is 448. The lowest BCUT2D eigenvalue weighted by Gasteiger charge is -2.34. The van der Waals surface area contributed by atoms with E-state index in [0.29, 0.717) is 12.1 Å². The molecule has 1 aliphatic rings. The zero-order valence-corrected chi connectivity index (χ0v) is 10.6. The van der Waals surface area contributed by atoms with Gasteiger partial charge in [-0.1, -0.05) is 30.4 Å². The molecular weight excluding hydrogens is 208 g/mol. The fourth-order valence-corrected chi connectivity index (χ4v) is 2.39. The van der Waals surface area contributed by atoms with Gasteiger partial charge in [0.15, 0.2) is 0 Å². The second-order valence-electron chi connectivity index (χ2n) is 4.65. The Morgan fingerprint density at radius 2 is 2.29 bits per heavy atom. The summed E-state index contributed by atoms with van der Waals surface area (Å²) in [6, 6.07) is 6.82. The fourth-order valence-electron chi connectivity index (χ4n) is 2.39. The highest BCUT2D eigenvalue weighted by molar-refractivity contribution is 5.66. The Kier molecular flexibility index (Phi) is 3.34. The maximum Gasteiger partial charge on any atom is 0.0411 e. The third-order valence-corrected chi connectivity index (χ3v) is 3.64. The van der Waals surface area contributed by atoms with Crippen molar-refractivity contribution in [3.8, 4) is 0 Å². The molecule has 1 aliphatic carbocycles. The number of benzene rings is 1. The first-order chi connectivity index (χ1) is 8.15. The molecule has 1 aromatic rings. The van der Waals surface area contributed by atoms with Gasteiger partial charge in [0, 0.05) is 17.8 Å². The van der Waals surface area contributed by atoms with Crippen LogP contribution in [0.25, 0.3) is 6.08 Å². The van der Waals surface area contributed by atoms with Crippen LogP contribution in [0, 0.1) is 0 Å². The van der Waals surface area contributed by atoms with Crippen LogP contribution >= 0.6 is 0 Å². The summed E-state index contributed by atoms with van der Waals surface area (Å²) in [5, 5.41) is 0. The van der Waals surface area contributed by atoms with Crippen LogP contribution in [-0.4, -0.2) is 18.0 Å². The Labute approximate surface area is 103 Å². The maximum atomic E-state index is 6.12. The molecule has 0 bridgehead atoms. The molecule has 0 spiro atoms. The van der Waals surface area contributed by atoms with E-state index < -0.39 is 0 Å². The molecule has 0 heterocycles. The van der Waals surface area contributed by atoms with E-state index in [1.807, 2.05) is 18.2 Å². The van der Waals surface area contributed by atoms with Crippen molar-refractivity contribution in [2.45, 2.75) is 25.4 Å². The highest BCUT2D eigenvalue weighted by atomic mass is 15.2. The van der Waals surface area contributed by atoms with Crippen LogP contribution in [0.15, 0.2) is 36.9 Å². The standard InChI is InChI=1S/C15H20N2/c1-4-11(2)17(3)14-10-6-8-12-7-5-9-13(16)15(12)14/h4-9,11,14H,1,10,16H2,2-3H3. The maximum absolute atomic E-state index is 6.12. The number of nitrogens with zero attached hydrogens (tertiary/aromatic N) is 1. The summed E-state index contributed by atoms with van der Waals surface area (Å²) in [6.07, 6.45) is 7.36. The molecule has 1 aromatic carbocycles. The van der Waals surface area contributed by atoms with Crippen molar-refractivity contribution in [1.29, 1.82) is 0 Å². The number of nitrogens with two attached hydrogens (primary N) is 1. The molecule has 0 aliphatic heterocycles. The third-order valence-electron chi connectivity index (χ3n) is 3.64. The van der Waals surface area contributed by atoms with Crippen molar-refractivity contribution in [3.05, 3.63) is 48.1 Å². The van der Waals surface area contributed by atoms with E-state index in [1.165, 1.54) is 11.1 Å². The summed E-state index contributed by atoms with van der Waals surface area (Å²) in [5.41, 5.74) is 9.51. The second-order valence-corrected chi connectivity index (χ2v) is 4.65. The van der Waals surface area contributed by atoms with Crippen LogP contribution < -0.4 is 5.73 Å². The van der Waals surface area contributed by atoms with Gasteiger partial charge in [0.1, 0.15) is 0 Å². The number of rotatable bonds is 3. The van der Waals surface area contributed by atoms with E-state index in [0.717, 1.165) is 12.1 Å². The molecule has 17 heavy (non-hydrogen) atoms. The molecule has 0 aromatic heterocycles. The molecule has 2 N–H and O–H groups in total. The van der Waals surface area contributed by atoms with Gasteiger partial charge in [-0.2, -0.15) is 0 Å². The smallest absolute Gasteiger partial charge is 0.0411 e. The Morgan fingerprint density at radius 1 is 1.53 bits per heavy atom. The molecule has 2 rings (SSSR count). The van der Waals surface area contributed by atoms with E-state index in [9.17, 15) is 0 Å². The summed E-state index contributed by atoms with van der Waals surface area (Å²) < 4.78 is 0. The molecule has 2 heteroatoms. The van der Waals surface area contributed by atoms with E-state index in [4.69, 9.17) is 5.73 Å². The van der Waals surface area contributed by atoms with Gasteiger partial charge >= 0.3 is 0 Å². The first-order valence-electron chi connectivity index (χ1n) is 6.04. The normalized spacial score (nSPS) is 20.1. The molecular formula is C15H20N2. The largest absolute Gasteiger partial charge is 0.398 e. The number of hydrogen-bond donors (Lipinski definition) is 1. The lowest BCUT2D eigenvalue weighted by atomic mass is 9.90. The van der Waals surface area contributed by atoms with Crippen LogP contribution in [0.3, 0.4) is 0 Å². The quantitative estimate of drug-likeness (QED) is 0.635. The van der Waals surface area contributed by atoms with Gasteiger partial charge in [-0.05, 0) is 37.6 Å². The summed E-state index contributed by atoms with van der Waals surface area (Å²) in [4.78, 5) is 2.33. The van der Waals surface area contributed by atoms with Gasteiger partial charge in [0.25, 0.3) is 0 Å². The lowest BCUT2D eigenvalue weighted by molar-refractivity contribution is 0.215. The molecule has 2 unspecified atom stereocenters. The highest BCUT2D eigenvalue weighted by Gasteiger charge is 2.24. The van der Waals surface area contributed by atoms with E-state index in [1.54, 1.807) is 0 Å². The number of likely N-dealkylation sites (N-methyl/N-ethyl adjacent to an activating group) is 1. The molecule has 0 saturated heterocycles. The van der Waals surface area contributed by atoms with Crippen molar-refractivity contribution < 1.29 is 0 Å². The van der Waals surface area contributed by atoms with Crippen LogP contribution in [0.1, 0.15) is 30.5 Å². The Hall–Kier alpha value is -1.54. The van der Waals surface area contributed by atoms with Crippen LogP contribution in [0.4, 0.5) is 5.69 Å². The molecule has 0 radical (unpaired) electrons. The molecule has 0 saturated carbocycles. The van der Waals surface area contributed by atoms with E-state index >= 15 is 0 Å². The minimum atomic E-state index is 0.346. The van der Waals surface area contributed by atoms with Gasteiger partial charge in [-0.25, -0.2) is 0 Å². The van der Waals surface area contributed by atoms with Crippen molar-refractivity contribution >= 4 is 11.8 Å². The SMILES string of the molecule is C=CC(C)N(C)C1CC=Cc2cccc(N)c21. The van der Waals surface area contributed by atoms with Gasteiger partial charge in [-0.15, -0.1) is 6.58 Å². The van der Waals surface area contributed by atoms with Crippen LogP contribution in [0.5, 0.6) is 0 Å². The zero-order valence-electron chi connectivity index (χ0n) is 10.6. The van der Waals surface area contributed by atoms with Gasteiger partial charge in [-0.3, -0.25) is 4.90 Å². The van der Waals surface area contributed by atoms with Crippen molar-refractivity contribution in [1.82, 2.24) is 4.90 Å². The van der Waals surface area contributed by atoms with Crippen molar-refractivity contribution in [3.63, 3.8) is 0 Å².